The van der Waals surface area contributed by atoms with Crippen LogP contribution in [-0.4, -0.2) is 54.3 Å². The number of benzene rings is 2. The standard InChI is InChI=1S/C36H39N7O4/c1-36(2,3)26-19-32(34(47-23-26)25-10-14-33(45-4)38-21-25)40-42-41-35(44)39-31-13-12-28(29-7-5-6-8-30(29)31)24-9-11-27(37-20-24)22-43-15-17-46-18-16-43/h5-14,19-21,23,34H,15-18,22H2,1-4H3,(H2,39,40,41,44). The zero-order valence-corrected chi connectivity index (χ0v) is 27.1. The number of amides is 2. The molecule has 4 aromatic rings. The van der Waals surface area contributed by atoms with E-state index in [2.05, 4.69) is 63.9 Å². The second kappa shape index (κ2) is 14.1. The largest absolute Gasteiger partial charge is 0.487 e. The van der Waals surface area contributed by atoms with Gasteiger partial charge in [-0.3, -0.25) is 9.88 Å². The van der Waals surface area contributed by atoms with E-state index in [9.17, 15) is 4.79 Å². The number of fused-ring (bicyclic) bond motifs is 1. The summed E-state index contributed by atoms with van der Waals surface area (Å²) in [6.45, 7) is 10.4. The average molecular weight is 634 g/mol. The molecule has 6 rings (SSSR count). The predicted molar refractivity (Wildman–Crippen MR) is 181 cm³/mol. The molecule has 2 aliphatic rings. The van der Waals surface area contributed by atoms with Gasteiger partial charge in [0.2, 0.25) is 5.88 Å². The minimum atomic E-state index is -0.549. The number of rotatable bonds is 8. The number of nitrogens with one attached hydrogen (secondary N) is 2. The fourth-order valence-electron chi connectivity index (χ4n) is 5.48. The van der Waals surface area contributed by atoms with Crippen molar-refractivity contribution >= 4 is 22.5 Å². The van der Waals surface area contributed by atoms with E-state index in [0.717, 1.165) is 71.6 Å². The molecule has 0 radical (unpaired) electrons. The van der Waals surface area contributed by atoms with Gasteiger partial charge in [0.25, 0.3) is 0 Å². The van der Waals surface area contributed by atoms with Crippen LogP contribution in [0.15, 0.2) is 107 Å². The summed E-state index contributed by atoms with van der Waals surface area (Å²) in [4.78, 5) is 24.4. The molecule has 2 aliphatic heterocycles. The second-order valence-corrected chi connectivity index (χ2v) is 12.4. The van der Waals surface area contributed by atoms with Gasteiger partial charge in [0, 0.05) is 54.6 Å². The highest BCUT2D eigenvalue weighted by atomic mass is 16.5. The molecule has 2 aromatic carbocycles. The SMILES string of the molecule is COc1ccc(C2OC=C(C(C)(C)C)C=C2N=NNC(=O)Nc2ccc(-c3ccc(CN4CCOCC4)nc3)c3ccccc23)cn1. The molecule has 0 spiro atoms. The lowest BCUT2D eigenvalue weighted by Gasteiger charge is -2.27. The van der Waals surface area contributed by atoms with Gasteiger partial charge in [-0.15, -0.1) is 5.11 Å². The van der Waals surface area contributed by atoms with Crippen molar-refractivity contribution in [2.75, 3.05) is 38.7 Å². The number of urea groups is 1. The third kappa shape index (κ3) is 7.65. The Morgan fingerprint density at radius 1 is 1.00 bits per heavy atom. The van der Waals surface area contributed by atoms with E-state index in [4.69, 9.17) is 19.2 Å². The van der Waals surface area contributed by atoms with Gasteiger partial charge < -0.3 is 19.5 Å². The van der Waals surface area contributed by atoms with Crippen molar-refractivity contribution < 1.29 is 19.0 Å². The molecule has 1 fully saturated rings. The third-order valence-corrected chi connectivity index (χ3v) is 8.15. The minimum absolute atomic E-state index is 0.178. The number of ether oxygens (including phenoxy) is 3. The lowest BCUT2D eigenvalue weighted by Crippen LogP contribution is -2.35. The molecule has 2 aromatic heterocycles. The van der Waals surface area contributed by atoms with Gasteiger partial charge in [0.1, 0.15) is 5.70 Å². The maximum absolute atomic E-state index is 13.0. The number of anilines is 1. The molecule has 47 heavy (non-hydrogen) atoms. The predicted octanol–water partition coefficient (Wildman–Crippen LogP) is 7.21. The Hall–Kier alpha value is -5.13. The van der Waals surface area contributed by atoms with E-state index in [1.54, 1.807) is 25.6 Å². The van der Waals surface area contributed by atoms with Gasteiger partial charge in [-0.1, -0.05) is 62.4 Å². The molecule has 242 valence electrons. The first kappa shape index (κ1) is 31.8. The first-order valence-electron chi connectivity index (χ1n) is 15.6. The van der Waals surface area contributed by atoms with Crippen LogP contribution >= 0.6 is 0 Å². The van der Waals surface area contributed by atoms with Gasteiger partial charge in [-0.2, -0.15) is 0 Å². The van der Waals surface area contributed by atoms with Gasteiger partial charge >= 0.3 is 6.03 Å². The van der Waals surface area contributed by atoms with Crippen molar-refractivity contribution in [1.82, 2.24) is 20.3 Å². The number of aromatic nitrogens is 2. The van der Waals surface area contributed by atoms with Crippen molar-refractivity contribution in [3.8, 4) is 17.0 Å². The highest BCUT2D eigenvalue weighted by Crippen LogP contribution is 2.38. The minimum Gasteiger partial charge on any atom is -0.487 e. The number of carbonyl (C=O) groups is 1. The van der Waals surface area contributed by atoms with Crippen molar-refractivity contribution in [2.24, 2.45) is 15.8 Å². The molecule has 2 N–H and O–H groups in total. The van der Waals surface area contributed by atoms with E-state index in [0.29, 0.717) is 17.3 Å². The van der Waals surface area contributed by atoms with Gasteiger partial charge in [0.15, 0.2) is 6.10 Å². The topological polar surface area (TPSA) is 123 Å². The van der Waals surface area contributed by atoms with Crippen LogP contribution in [0, 0.1) is 5.41 Å². The van der Waals surface area contributed by atoms with Crippen LogP contribution in [0.4, 0.5) is 10.5 Å². The van der Waals surface area contributed by atoms with E-state index >= 15 is 0 Å². The summed E-state index contributed by atoms with van der Waals surface area (Å²) >= 11 is 0. The highest BCUT2D eigenvalue weighted by molar-refractivity contribution is 6.07. The highest BCUT2D eigenvalue weighted by Gasteiger charge is 2.27. The van der Waals surface area contributed by atoms with E-state index < -0.39 is 12.1 Å². The summed E-state index contributed by atoms with van der Waals surface area (Å²) in [5.41, 5.74) is 8.29. The molecule has 0 saturated carbocycles. The Balaban J connectivity index is 1.16. The van der Waals surface area contributed by atoms with E-state index in [1.807, 2.05) is 54.7 Å². The molecule has 11 heteroatoms. The van der Waals surface area contributed by atoms with Crippen molar-refractivity contribution in [1.29, 1.82) is 0 Å². The molecule has 1 atom stereocenters. The summed E-state index contributed by atoms with van der Waals surface area (Å²) in [5.74, 6) is 0.496. The molecular formula is C36H39N7O4. The number of methoxy groups -OCH3 is 1. The molecule has 4 heterocycles. The smallest absolute Gasteiger partial charge is 0.341 e. The van der Waals surface area contributed by atoms with Crippen molar-refractivity contribution in [3.63, 3.8) is 0 Å². The van der Waals surface area contributed by atoms with Gasteiger partial charge in [0.05, 0.1) is 38.0 Å². The average Bonchev–Trinajstić information content (AvgIpc) is 3.09. The molecule has 1 saturated heterocycles. The Kier molecular flexibility index (Phi) is 9.55. The van der Waals surface area contributed by atoms with E-state index in [1.165, 1.54) is 0 Å². The lowest BCUT2D eigenvalue weighted by atomic mass is 9.85. The summed E-state index contributed by atoms with van der Waals surface area (Å²) in [6.07, 6.45) is 6.70. The molecular weight excluding hydrogens is 594 g/mol. The Bertz CT molecular complexity index is 1810. The number of hydrogen-bond donors (Lipinski definition) is 2. The zero-order chi connectivity index (χ0) is 32.8. The molecule has 1 unspecified atom stereocenters. The van der Waals surface area contributed by atoms with Crippen molar-refractivity contribution in [2.45, 2.75) is 33.4 Å². The molecule has 11 nitrogen and oxygen atoms in total. The number of morpholine rings is 1. The summed E-state index contributed by atoms with van der Waals surface area (Å²) < 4.78 is 16.7. The Labute approximate surface area is 274 Å². The number of pyridine rings is 2. The fourth-order valence-corrected chi connectivity index (χ4v) is 5.48. The monoisotopic (exact) mass is 633 g/mol. The van der Waals surface area contributed by atoms with Crippen molar-refractivity contribution in [3.05, 3.63) is 108 Å². The maximum atomic E-state index is 13.0. The normalized spacial score (nSPS) is 17.1. The zero-order valence-electron chi connectivity index (χ0n) is 27.1. The lowest BCUT2D eigenvalue weighted by molar-refractivity contribution is 0.0336. The van der Waals surface area contributed by atoms with Crippen LogP contribution in [0.3, 0.4) is 0 Å². The Morgan fingerprint density at radius 3 is 2.51 bits per heavy atom. The number of allylic oxidation sites excluding steroid dienone is 2. The summed E-state index contributed by atoms with van der Waals surface area (Å²) in [7, 11) is 1.56. The fraction of sp³-hybridized carbons (Fsp3) is 0.306. The van der Waals surface area contributed by atoms with E-state index in [-0.39, 0.29) is 5.41 Å². The maximum Gasteiger partial charge on any atom is 0.341 e. The Morgan fingerprint density at radius 2 is 1.81 bits per heavy atom. The molecule has 0 bridgehead atoms. The van der Waals surface area contributed by atoms with Gasteiger partial charge in [-0.25, -0.2) is 15.2 Å². The number of carbonyl (C=O) groups excluding carboxylic acids is 1. The van der Waals surface area contributed by atoms with Gasteiger partial charge in [-0.05, 0) is 46.2 Å². The van der Waals surface area contributed by atoms with Crippen LogP contribution in [0.1, 0.15) is 38.1 Å². The first-order valence-corrected chi connectivity index (χ1v) is 15.6. The van der Waals surface area contributed by atoms with Crippen LogP contribution in [0.25, 0.3) is 21.9 Å². The second-order valence-electron chi connectivity index (χ2n) is 12.4. The van der Waals surface area contributed by atoms with Crippen LogP contribution in [0.5, 0.6) is 5.88 Å². The van der Waals surface area contributed by atoms with Crippen LogP contribution in [-0.2, 0) is 16.0 Å². The molecule has 2 amide bonds. The van der Waals surface area contributed by atoms with Crippen LogP contribution < -0.4 is 15.5 Å². The van der Waals surface area contributed by atoms with Crippen LogP contribution in [0.2, 0.25) is 0 Å². The third-order valence-electron chi connectivity index (χ3n) is 8.15. The summed E-state index contributed by atoms with van der Waals surface area (Å²) in [6, 6.07) is 19.1. The molecule has 0 aliphatic carbocycles. The quantitative estimate of drug-likeness (QED) is 0.155. The first-order chi connectivity index (χ1) is 22.8. The number of hydrogen-bond acceptors (Lipinski definition) is 9. The summed E-state index contributed by atoms with van der Waals surface area (Å²) in [5, 5.41) is 13.2. The number of nitrogens with zero attached hydrogens (tertiary/aromatic N) is 5.